The Balaban J connectivity index is 1.80. The van der Waals surface area contributed by atoms with Crippen molar-refractivity contribution < 1.29 is 14.5 Å². The van der Waals surface area contributed by atoms with E-state index in [9.17, 15) is 9.59 Å². The number of likely N-dealkylation sites (N-methyl/N-ethyl adjacent to an activating group) is 2. The van der Waals surface area contributed by atoms with E-state index in [1.807, 2.05) is 18.7 Å². The number of carbonyl (C=O) groups excluding carboxylic acids is 2. The van der Waals surface area contributed by atoms with Gasteiger partial charge in [0.1, 0.15) is 0 Å². The summed E-state index contributed by atoms with van der Waals surface area (Å²) in [4.78, 5) is 37.6. The fraction of sp³-hybridized carbons (Fsp3) is 0.625. The number of amides is 2. The van der Waals surface area contributed by atoms with E-state index >= 15 is 0 Å². The highest BCUT2D eigenvalue weighted by molar-refractivity contribution is 5.79. The third-order valence-electron chi connectivity index (χ3n) is 4.15. The van der Waals surface area contributed by atoms with E-state index in [0.717, 1.165) is 24.5 Å². The monoisotopic (exact) mass is 335 g/mol. The second-order valence-electron chi connectivity index (χ2n) is 5.83. The molecule has 1 unspecified atom stereocenters. The summed E-state index contributed by atoms with van der Waals surface area (Å²) in [6.07, 6.45) is 3.45. The second-order valence-corrected chi connectivity index (χ2v) is 5.83. The highest BCUT2D eigenvalue weighted by Crippen LogP contribution is 2.09. The van der Waals surface area contributed by atoms with Crippen molar-refractivity contribution in [2.24, 2.45) is 0 Å². The van der Waals surface area contributed by atoms with Crippen LogP contribution in [0.1, 0.15) is 13.8 Å². The number of hydrogen-bond donors (Lipinski definition) is 2. The van der Waals surface area contributed by atoms with Crippen LogP contribution in [0, 0.1) is 0 Å². The zero-order valence-corrected chi connectivity index (χ0v) is 14.5. The van der Waals surface area contributed by atoms with Gasteiger partial charge in [-0.05, 0) is 19.9 Å². The van der Waals surface area contributed by atoms with Gasteiger partial charge in [0.2, 0.25) is 5.95 Å². The van der Waals surface area contributed by atoms with Crippen LogP contribution in [0.2, 0.25) is 0 Å². The van der Waals surface area contributed by atoms with Crippen molar-refractivity contribution in [1.29, 1.82) is 0 Å². The van der Waals surface area contributed by atoms with Crippen LogP contribution in [-0.2, 0) is 9.59 Å². The van der Waals surface area contributed by atoms with Crippen molar-refractivity contribution in [3.05, 3.63) is 18.5 Å². The molecule has 2 rings (SSSR count). The first-order valence-corrected chi connectivity index (χ1v) is 8.54. The Bertz CT molecular complexity index is 531. The lowest BCUT2D eigenvalue weighted by Gasteiger charge is -2.35. The van der Waals surface area contributed by atoms with E-state index < -0.39 is 0 Å². The molecule has 2 heterocycles. The van der Waals surface area contributed by atoms with E-state index in [1.165, 1.54) is 0 Å². The summed E-state index contributed by atoms with van der Waals surface area (Å²) in [7, 11) is 0. The van der Waals surface area contributed by atoms with Crippen molar-refractivity contribution in [3.8, 4) is 0 Å². The molecule has 0 radical (unpaired) electrons. The van der Waals surface area contributed by atoms with E-state index in [1.54, 1.807) is 18.5 Å². The van der Waals surface area contributed by atoms with Crippen LogP contribution in [0.4, 0.5) is 5.95 Å². The molecule has 0 aromatic carbocycles. The van der Waals surface area contributed by atoms with Gasteiger partial charge in [-0.1, -0.05) is 0 Å². The Morgan fingerprint density at radius 2 is 1.79 bits per heavy atom. The van der Waals surface area contributed by atoms with Crippen LogP contribution in [-0.4, -0.2) is 79.0 Å². The molecule has 0 spiro atoms. The standard InChI is InChI=1S/C16H26N6O2/c1-3-17-14(23)12-20(4-2)13-15(24)21-8-10-22(11-9-21)16-18-6-5-7-19-16/h5-7H,3-4,8-13H2,1-2H3,(H,17,23)/p+1. The lowest BCUT2D eigenvalue weighted by atomic mass is 10.3. The number of quaternary nitrogens is 1. The first kappa shape index (κ1) is 18.1. The van der Waals surface area contributed by atoms with E-state index in [-0.39, 0.29) is 11.8 Å². The Kier molecular flexibility index (Phi) is 6.92. The molecule has 1 aromatic heterocycles. The number of nitrogens with zero attached hydrogens (tertiary/aromatic N) is 4. The molecule has 0 bridgehead atoms. The lowest BCUT2D eigenvalue weighted by molar-refractivity contribution is -0.882. The normalized spacial score (nSPS) is 15.9. The largest absolute Gasteiger partial charge is 0.351 e. The van der Waals surface area contributed by atoms with Crippen LogP contribution >= 0.6 is 0 Å². The number of nitrogens with one attached hydrogen (secondary N) is 2. The first-order chi connectivity index (χ1) is 11.6. The highest BCUT2D eigenvalue weighted by Gasteiger charge is 2.25. The number of hydrogen-bond acceptors (Lipinski definition) is 5. The van der Waals surface area contributed by atoms with Crippen LogP contribution in [0.5, 0.6) is 0 Å². The summed E-state index contributed by atoms with van der Waals surface area (Å²) in [5, 5.41) is 2.78. The molecule has 1 aromatic rings. The van der Waals surface area contributed by atoms with Gasteiger partial charge in [-0.25, -0.2) is 9.97 Å². The summed E-state index contributed by atoms with van der Waals surface area (Å²) >= 11 is 0. The topological polar surface area (TPSA) is 82.9 Å². The van der Waals surface area contributed by atoms with Crippen LogP contribution in [0.3, 0.4) is 0 Å². The summed E-state index contributed by atoms with van der Waals surface area (Å²) in [5.41, 5.74) is 0. The van der Waals surface area contributed by atoms with Gasteiger partial charge in [-0.3, -0.25) is 9.59 Å². The smallest absolute Gasteiger partial charge is 0.277 e. The molecule has 1 saturated heterocycles. The van der Waals surface area contributed by atoms with Gasteiger partial charge < -0.3 is 20.0 Å². The zero-order valence-electron chi connectivity index (χ0n) is 14.5. The van der Waals surface area contributed by atoms with E-state index in [0.29, 0.717) is 38.7 Å². The molecule has 1 atom stereocenters. The van der Waals surface area contributed by atoms with Gasteiger partial charge in [0.25, 0.3) is 11.8 Å². The molecule has 1 aliphatic heterocycles. The third-order valence-corrected chi connectivity index (χ3v) is 4.15. The average molecular weight is 335 g/mol. The highest BCUT2D eigenvalue weighted by atomic mass is 16.2. The molecule has 24 heavy (non-hydrogen) atoms. The molecule has 2 N–H and O–H groups in total. The molecule has 8 heteroatoms. The summed E-state index contributed by atoms with van der Waals surface area (Å²) in [6.45, 7) is 8.74. The van der Waals surface area contributed by atoms with Gasteiger partial charge >= 0.3 is 0 Å². The second kappa shape index (κ2) is 9.17. The Morgan fingerprint density at radius 1 is 1.12 bits per heavy atom. The number of carbonyl (C=O) groups is 2. The molecule has 1 aliphatic rings. The van der Waals surface area contributed by atoms with Crippen molar-refractivity contribution in [2.75, 3.05) is 57.3 Å². The van der Waals surface area contributed by atoms with Gasteiger partial charge in [0, 0.05) is 45.1 Å². The predicted molar refractivity (Wildman–Crippen MR) is 90.7 cm³/mol. The minimum atomic E-state index is -0.00630. The minimum absolute atomic E-state index is 0.00630. The number of rotatable bonds is 7. The summed E-state index contributed by atoms with van der Waals surface area (Å²) in [5.74, 6) is 0.805. The summed E-state index contributed by atoms with van der Waals surface area (Å²) in [6, 6.07) is 1.79. The maximum absolute atomic E-state index is 12.5. The molecule has 0 saturated carbocycles. The van der Waals surface area contributed by atoms with E-state index in [4.69, 9.17) is 0 Å². The van der Waals surface area contributed by atoms with Crippen molar-refractivity contribution in [1.82, 2.24) is 20.2 Å². The average Bonchev–Trinajstić information content (AvgIpc) is 2.62. The van der Waals surface area contributed by atoms with Gasteiger partial charge in [0.15, 0.2) is 13.1 Å². The Morgan fingerprint density at radius 3 is 2.38 bits per heavy atom. The number of anilines is 1. The number of piperazine rings is 1. The van der Waals surface area contributed by atoms with Crippen molar-refractivity contribution in [2.45, 2.75) is 13.8 Å². The van der Waals surface area contributed by atoms with Crippen LogP contribution in [0.15, 0.2) is 18.5 Å². The number of aromatic nitrogens is 2. The molecule has 2 amide bonds. The Labute approximate surface area is 142 Å². The fourth-order valence-corrected chi connectivity index (χ4v) is 2.74. The van der Waals surface area contributed by atoms with Gasteiger partial charge in [-0.2, -0.15) is 0 Å². The van der Waals surface area contributed by atoms with Crippen LogP contribution in [0.25, 0.3) is 0 Å². The lowest BCUT2D eigenvalue weighted by Crippen LogP contribution is -3.14. The molecule has 1 fully saturated rings. The van der Waals surface area contributed by atoms with Crippen molar-refractivity contribution >= 4 is 17.8 Å². The zero-order chi connectivity index (χ0) is 17.4. The minimum Gasteiger partial charge on any atom is -0.351 e. The SMILES string of the molecule is CCNC(=O)C[NH+](CC)CC(=O)N1CCN(c2ncccn2)CC1. The molecular formula is C16H27N6O2+. The first-order valence-electron chi connectivity index (χ1n) is 8.54. The quantitative estimate of drug-likeness (QED) is 0.612. The maximum Gasteiger partial charge on any atom is 0.277 e. The molecular weight excluding hydrogens is 308 g/mol. The fourth-order valence-electron chi connectivity index (χ4n) is 2.74. The van der Waals surface area contributed by atoms with Crippen molar-refractivity contribution in [3.63, 3.8) is 0 Å². The Hall–Kier alpha value is -2.22. The molecule has 132 valence electrons. The third kappa shape index (κ3) is 5.16. The summed E-state index contributed by atoms with van der Waals surface area (Å²) < 4.78 is 0. The predicted octanol–water partition coefficient (Wildman–Crippen LogP) is -1.83. The van der Waals surface area contributed by atoms with Gasteiger partial charge in [-0.15, -0.1) is 0 Å². The molecule has 8 nitrogen and oxygen atoms in total. The van der Waals surface area contributed by atoms with E-state index in [2.05, 4.69) is 20.2 Å². The van der Waals surface area contributed by atoms with Crippen LogP contribution < -0.4 is 15.1 Å². The van der Waals surface area contributed by atoms with Gasteiger partial charge in [0.05, 0.1) is 6.54 Å². The molecule has 0 aliphatic carbocycles. The maximum atomic E-state index is 12.5.